The number of cyclic esters (lactones) is 1. The van der Waals surface area contributed by atoms with E-state index in [2.05, 4.69) is 4.98 Å². The number of carbonyl (C=O) groups excluding carboxylic acids is 2. The first-order chi connectivity index (χ1) is 10.5. The van der Waals surface area contributed by atoms with E-state index in [1.807, 2.05) is 30.3 Å². The zero-order valence-electron chi connectivity index (χ0n) is 12.2. The van der Waals surface area contributed by atoms with E-state index in [1.165, 1.54) is 11.3 Å². The fourth-order valence-corrected chi connectivity index (χ4v) is 3.24. The van der Waals surface area contributed by atoms with Gasteiger partial charge in [-0.3, -0.25) is 0 Å². The number of ether oxygens (including phenoxy) is 2. The Kier molecular flexibility index (Phi) is 3.94. The van der Waals surface area contributed by atoms with Crippen LogP contribution >= 0.6 is 11.3 Å². The van der Waals surface area contributed by atoms with Gasteiger partial charge in [-0.1, -0.05) is 30.3 Å². The van der Waals surface area contributed by atoms with Gasteiger partial charge in [0.15, 0.2) is 0 Å². The van der Waals surface area contributed by atoms with Gasteiger partial charge in [0.1, 0.15) is 16.0 Å². The Morgan fingerprint density at radius 1 is 1.36 bits per heavy atom. The summed E-state index contributed by atoms with van der Waals surface area (Å²) in [4.78, 5) is 28.6. The van der Waals surface area contributed by atoms with Crippen LogP contribution in [0.2, 0.25) is 0 Å². The number of hydrogen-bond donors (Lipinski definition) is 0. The van der Waals surface area contributed by atoms with E-state index in [4.69, 9.17) is 9.47 Å². The molecule has 6 heteroatoms. The molecule has 0 saturated carbocycles. The van der Waals surface area contributed by atoms with Crippen molar-refractivity contribution in [2.75, 3.05) is 0 Å². The molecule has 1 aliphatic rings. The van der Waals surface area contributed by atoms with Crippen molar-refractivity contribution in [1.29, 1.82) is 0 Å². The standard InChI is InChI=1S/C16H15NO4S/c1-9-8-12(15(18)20-9)21-16(19)13-10(2)17-14(22-13)11-6-4-3-5-7-11/h3-7,9,12H,8H2,1-2H3/t9-,12+/m0/s1. The zero-order chi connectivity index (χ0) is 15.7. The summed E-state index contributed by atoms with van der Waals surface area (Å²) < 4.78 is 10.3. The summed E-state index contributed by atoms with van der Waals surface area (Å²) in [6.07, 6.45) is -0.634. The summed E-state index contributed by atoms with van der Waals surface area (Å²) in [5.74, 6) is -1.00. The Morgan fingerprint density at radius 2 is 2.09 bits per heavy atom. The summed E-state index contributed by atoms with van der Waals surface area (Å²) in [5.41, 5.74) is 1.55. The highest BCUT2D eigenvalue weighted by molar-refractivity contribution is 7.17. The van der Waals surface area contributed by atoms with E-state index in [1.54, 1.807) is 13.8 Å². The van der Waals surface area contributed by atoms with Gasteiger partial charge in [-0.15, -0.1) is 11.3 Å². The molecule has 0 amide bonds. The van der Waals surface area contributed by atoms with Crippen LogP contribution < -0.4 is 0 Å². The van der Waals surface area contributed by atoms with E-state index in [0.29, 0.717) is 17.0 Å². The molecule has 0 bridgehead atoms. The van der Waals surface area contributed by atoms with Crippen LogP contribution in [0.1, 0.15) is 28.7 Å². The summed E-state index contributed by atoms with van der Waals surface area (Å²) in [6.45, 7) is 3.53. The molecule has 2 aromatic rings. The number of benzene rings is 1. The van der Waals surface area contributed by atoms with Crippen molar-refractivity contribution >= 4 is 23.3 Å². The highest BCUT2D eigenvalue weighted by Crippen LogP contribution is 2.29. The number of rotatable bonds is 3. The lowest BCUT2D eigenvalue weighted by atomic mass is 10.2. The smallest absolute Gasteiger partial charge is 0.351 e. The topological polar surface area (TPSA) is 65.5 Å². The van der Waals surface area contributed by atoms with Gasteiger partial charge in [0.25, 0.3) is 0 Å². The normalized spacial score (nSPS) is 20.7. The van der Waals surface area contributed by atoms with E-state index < -0.39 is 18.0 Å². The molecule has 0 aliphatic carbocycles. The number of nitrogens with zero attached hydrogens (tertiary/aromatic N) is 1. The molecule has 1 aromatic heterocycles. The molecule has 114 valence electrons. The van der Waals surface area contributed by atoms with Crippen LogP contribution in [0.3, 0.4) is 0 Å². The average molecular weight is 317 g/mol. The molecule has 1 aliphatic heterocycles. The maximum absolute atomic E-state index is 12.3. The Labute approximate surface area is 131 Å². The van der Waals surface area contributed by atoms with Crippen LogP contribution in [0.5, 0.6) is 0 Å². The van der Waals surface area contributed by atoms with Gasteiger partial charge < -0.3 is 9.47 Å². The van der Waals surface area contributed by atoms with E-state index in [9.17, 15) is 9.59 Å². The molecular weight excluding hydrogens is 302 g/mol. The molecule has 2 heterocycles. The second-order valence-electron chi connectivity index (χ2n) is 5.18. The van der Waals surface area contributed by atoms with Gasteiger partial charge in [0.2, 0.25) is 6.10 Å². The van der Waals surface area contributed by atoms with Gasteiger partial charge in [-0.2, -0.15) is 0 Å². The summed E-state index contributed by atoms with van der Waals surface area (Å²) in [6, 6.07) is 9.62. The average Bonchev–Trinajstić information content (AvgIpc) is 3.03. The van der Waals surface area contributed by atoms with Crippen LogP contribution in [0.25, 0.3) is 10.6 Å². The molecule has 1 fully saturated rings. The van der Waals surface area contributed by atoms with Crippen LogP contribution in [-0.4, -0.2) is 29.1 Å². The molecule has 0 unspecified atom stereocenters. The number of esters is 2. The lowest BCUT2D eigenvalue weighted by Crippen LogP contribution is -2.22. The monoisotopic (exact) mass is 317 g/mol. The van der Waals surface area contributed by atoms with Crippen molar-refractivity contribution in [3.63, 3.8) is 0 Å². The number of aromatic nitrogens is 1. The van der Waals surface area contributed by atoms with Crippen LogP contribution in [0.4, 0.5) is 0 Å². The van der Waals surface area contributed by atoms with Gasteiger partial charge in [0, 0.05) is 12.0 Å². The predicted molar refractivity (Wildman–Crippen MR) is 81.7 cm³/mol. The van der Waals surface area contributed by atoms with Crippen molar-refractivity contribution in [2.45, 2.75) is 32.5 Å². The van der Waals surface area contributed by atoms with Crippen molar-refractivity contribution < 1.29 is 19.1 Å². The van der Waals surface area contributed by atoms with Gasteiger partial charge in [-0.25, -0.2) is 14.6 Å². The molecule has 1 aromatic carbocycles. The molecule has 2 atom stereocenters. The lowest BCUT2D eigenvalue weighted by Gasteiger charge is -2.06. The second-order valence-corrected chi connectivity index (χ2v) is 6.18. The third kappa shape index (κ3) is 2.87. The van der Waals surface area contributed by atoms with Crippen molar-refractivity contribution in [1.82, 2.24) is 4.98 Å². The molecular formula is C16H15NO4S. The number of carbonyl (C=O) groups is 2. The first kappa shape index (κ1) is 14.7. The number of aryl methyl sites for hydroxylation is 1. The van der Waals surface area contributed by atoms with Gasteiger partial charge >= 0.3 is 11.9 Å². The third-order valence-electron chi connectivity index (χ3n) is 3.38. The molecule has 5 nitrogen and oxygen atoms in total. The Morgan fingerprint density at radius 3 is 2.73 bits per heavy atom. The third-order valence-corrected chi connectivity index (χ3v) is 4.56. The van der Waals surface area contributed by atoms with Crippen LogP contribution in [-0.2, 0) is 14.3 Å². The molecule has 1 saturated heterocycles. The summed E-state index contributed by atoms with van der Waals surface area (Å²) >= 11 is 1.27. The highest BCUT2D eigenvalue weighted by atomic mass is 32.1. The minimum absolute atomic E-state index is 0.215. The number of hydrogen-bond acceptors (Lipinski definition) is 6. The molecule has 0 radical (unpaired) electrons. The van der Waals surface area contributed by atoms with E-state index in [-0.39, 0.29) is 6.10 Å². The van der Waals surface area contributed by atoms with Crippen LogP contribution in [0.15, 0.2) is 30.3 Å². The largest absolute Gasteiger partial charge is 0.460 e. The second kappa shape index (κ2) is 5.88. The van der Waals surface area contributed by atoms with Crippen molar-refractivity contribution in [3.8, 4) is 10.6 Å². The minimum Gasteiger partial charge on any atom is -0.460 e. The molecule has 3 rings (SSSR count). The zero-order valence-corrected chi connectivity index (χ0v) is 13.1. The van der Waals surface area contributed by atoms with Gasteiger partial charge in [0.05, 0.1) is 5.69 Å². The quantitative estimate of drug-likeness (QED) is 0.814. The Hall–Kier alpha value is -2.21. The van der Waals surface area contributed by atoms with E-state index in [0.717, 1.165) is 10.6 Å². The fourth-order valence-electron chi connectivity index (χ4n) is 2.29. The summed E-state index contributed by atoms with van der Waals surface area (Å²) in [5, 5.41) is 0.757. The highest BCUT2D eigenvalue weighted by Gasteiger charge is 2.36. The molecule has 0 spiro atoms. The van der Waals surface area contributed by atoms with Crippen LogP contribution in [0, 0.1) is 6.92 Å². The Balaban J connectivity index is 1.79. The summed E-state index contributed by atoms with van der Waals surface area (Å²) in [7, 11) is 0. The molecule has 0 N–H and O–H groups in total. The lowest BCUT2D eigenvalue weighted by molar-refractivity contribution is -0.147. The first-order valence-corrected chi connectivity index (χ1v) is 7.80. The molecule has 22 heavy (non-hydrogen) atoms. The maximum atomic E-state index is 12.3. The first-order valence-electron chi connectivity index (χ1n) is 6.99. The maximum Gasteiger partial charge on any atom is 0.351 e. The Bertz CT molecular complexity index is 710. The van der Waals surface area contributed by atoms with Gasteiger partial charge in [-0.05, 0) is 13.8 Å². The van der Waals surface area contributed by atoms with E-state index >= 15 is 0 Å². The number of thiazole rings is 1. The van der Waals surface area contributed by atoms with Crippen molar-refractivity contribution in [3.05, 3.63) is 40.9 Å². The fraction of sp³-hybridized carbons (Fsp3) is 0.312. The van der Waals surface area contributed by atoms with Crippen molar-refractivity contribution in [2.24, 2.45) is 0 Å². The predicted octanol–water partition coefficient (Wildman–Crippen LogP) is 2.98. The SMILES string of the molecule is Cc1nc(-c2ccccc2)sc1C(=O)O[C@@H]1C[C@H](C)OC1=O. The minimum atomic E-state index is -0.816.